The molecule has 5 heteroatoms. The maximum Gasteiger partial charge on any atom is 0.237 e. The first-order valence-corrected chi connectivity index (χ1v) is 4.49. The quantitative estimate of drug-likeness (QED) is 0.544. The summed E-state index contributed by atoms with van der Waals surface area (Å²) in [5.41, 5.74) is 0. The highest BCUT2D eigenvalue weighted by Crippen LogP contribution is 2.08. The Labute approximate surface area is 83.4 Å². The number of rotatable bonds is 5. The van der Waals surface area contributed by atoms with E-state index < -0.39 is 24.5 Å². The van der Waals surface area contributed by atoms with Crippen molar-refractivity contribution in [1.82, 2.24) is 5.32 Å². The van der Waals surface area contributed by atoms with Crippen LogP contribution in [-0.4, -0.2) is 35.4 Å². The predicted octanol–water partition coefficient (Wildman–Crippen LogP) is -0.748. The minimum absolute atomic E-state index is 0.0275. The van der Waals surface area contributed by atoms with Gasteiger partial charge in [0.05, 0.1) is 18.8 Å². The molecule has 0 aliphatic carbocycles. The Morgan fingerprint density at radius 1 is 1.57 bits per heavy atom. The molecule has 1 amide bonds. The van der Waals surface area contributed by atoms with Crippen LogP contribution < -0.4 is 5.32 Å². The molecule has 0 saturated heterocycles. The van der Waals surface area contributed by atoms with Crippen LogP contribution in [-0.2, 0) is 4.79 Å². The van der Waals surface area contributed by atoms with Crippen molar-refractivity contribution < 1.29 is 15.0 Å². The van der Waals surface area contributed by atoms with Crippen molar-refractivity contribution in [1.29, 1.82) is 5.26 Å². The number of nitriles is 1. The molecule has 0 aromatic carbocycles. The van der Waals surface area contributed by atoms with Crippen LogP contribution in [0.2, 0.25) is 0 Å². The van der Waals surface area contributed by atoms with Gasteiger partial charge in [-0.3, -0.25) is 4.79 Å². The van der Waals surface area contributed by atoms with E-state index in [1.165, 1.54) is 0 Å². The molecule has 0 radical (unpaired) electrons. The number of amides is 1. The summed E-state index contributed by atoms with van der Waals surface area (Å²) in [6.45, 7) is 3.12. The van der Waals surface area contributed by atoms with Gasteiger partial charge in [0.1, 0.15) is 5.92 Å². The summed E-state index contributed by atoms with van der Waals surface area (Å²) in [4.78, 5) is 11.3. The van der Waals surface area contributed by atoms with E-state index in [1.54, 1.807) is 13.8 Å². The number of nitrogens with one attached hydrogen (secondary N) is 1. The second-order valence-electron chi connectivity index (χ2n) is 3.43. The highest BCUT2D eigenvalue weighted by atomic mass is 16.3. The van der Waals surface area contributed by atoms with E-state index in [0.717, 1.165) is 0 Å². The molecule has 2 unspecified atom stereocenters. The molecule has 0 rings (SSSR count). The Bertz CT molecular complexity index is 223. The number of hydrogen-bond donors (Lipinski definition) is 3. The lowest BCUT2D eigenvalue weighted by Gasteiger charge is -2.14. The number of aliphatic hydroxyl groups is 2. The van der Waals surface area contributed by atoms with Gasteiger partial charge in [0.25, 0.3) is 0 Å². The molecule has 0 aromatic rings. The fourth-order valence-corrected chi connectivity index (χ4v) is 0.903. The smallest absolute Gasteiger partial charge is 0.237 e. The summed E-state index contributed by atoms with van der Waals surface area (Å²) in [5.74, 6) is -1.18. The first-order chi connectivity index (χ1) is 6.52. The number of hydrogen-bond acceptors (Lipinski definition) is 4. The van der Waals surface area contributed by atoms with Crippen LogP contribution in [0.15, 0.2) is 0 Å². The monoisotopic (exact) mass is 200 g/mol. The first kappa shape index (κ1) is 12.9. The van der Waals surface area contributed by atoms with Crippen LogP contribution in [0.4, 0.5) is 0 Å². The van der Waals surface area contributed by atoms with Gasteiger partial charge in [0, 0.05) is 6.54 Å². The van der Waals surface area contributed by atoms with Gasteiger partial charge in [0.15, 0.2) is 0 Å². The van der Waals surface area contributed by atoms with Crippen molar-refractivity contribution in [2.75, 3.05) is 13.2 Å². The molecular formula is C9H16N2O3. The second kappa shape index (κ2) is 6.35. The summed E-state index contributed by atoms with van der Waals surface area (Å²) in [7, 11) is 0. The topological polar surface area (TPSA) is 93.4 Å². The van der Waals surface area contributed by atoms with Gasteiger partial charge in [-0.1, -0.05) is 13.8 Å². The van der Waals surface area contributed by atoms with E-state index in [1.807, 2.05) is 6.07 Å². The van der Waals surface area contributed by atoms with E-state index >= 15 is 0 Å². The summed E-state index contributed by atoms with van der Waals surface area (Å²) in [5, 5.41) is 28.5. The Balaban J connectivity index is 4.01. The van der Waals surface area contributed by atoms with Crippen molar-refractivity contribution in [2.45, 2.75) is 20.0 Å². The molecule has 0 bridgehead atoms. The van der Waals surface area contributed by atoms with Crippen molar-refractivity contribution in [3.63, 3.8) is 0 Å². The Morgan fingerprint density at radius 2 is 2.14 bits per heavy atom. The van der Waals surface area contributed by atoms with Gasteiger partial charge >= 0.3 is 0 Å². The van der Waals surface area contributed by atoms with Gasteiger partial charge in [-0.2, -0.15) is 5.26 Å². The molecule has 0 aromatic heterocycles. The number of carbonyl (C=O) groups excluding carboxylic acids is 1. The van der Waals surface area contributed by atoms with Crippen LogP contribution >= 0.6 is 0 Å². The minimum atomic E-state index is -0.967. The van der Waals surface area contributed by atoms with E-state index in [2.05, 4.69) is 5.32 Å². The number of carbonyl (C=O) groups is 1. The zero-order valence-corrected chi connectivity index (χ0v) is 8.40. The molecule has 5 nitrogen and oxygen atoms in total. The third-order valence-electron chi connectivity index (χ3n) is 1.81. The third-order valence-corrected chi connectivity index (χ3v) is 1.81. The van der Waals surface area contributed by atoms with Gasteiger partial charge in [-0.25, -0.2) is 0 Å². The normalized spacial score (nSPS) is 14.6. The fourth-order valence-electron chi connectivity index (χ4n) is 0.903. The SMILES string of the molecule is CC(C)C(C#N)C(=O)NCC(O)CO. The molecule has 0 heterocycles. The van der Waals surface area contributed by atoms with Gasteiger partial charge in [0.2, 0.25) is 5.91 Å². The molecule has 0 aliphatic heterocycles. The van der Waals surface area contributed by atoms with E-state index in [-0.39, 0.29) is 12.5 Å². The van der Waals surface area contributed by atoms with E-state index in [0.29, 0.717) is 0 Å². The highest BCUT2D eigenvalue weighted by Gasteiger charge is 2.21. The minimum Gasteiger partial charge on any atom is -0.394 e. The highest BCUT2D eigenvalue weighted by molar-refractivity contribution is 5.81. The van der Waals surface area contributed by atoms with Crippen molar-refractivity contribution in [3.05, 3.63) is 0 Å². The fraction of sp³-hybridized carbons (Fsp3) is 0.778. The van der Waals surface area contributed by atoms with Crippen molar-refractivity contribution in [3.8, 4) is 6.07 Å². The molecule has 3 N–H and O–H groups in total. The first-order valence-electron chi connectivity index (χ1n) is 4.49. The lowest BCUT2D eigenvalue weighted by Crippen LogP contribution is -2.38. The lowest BCUT2D eigenvalue weighted by atomic mass is 9.97. The average molecular weight is 200 g/mol. The van der Waals surface area contributed by atoms with Crippen LogP contribution in [0.25, 0.3) is 0 Å². The van der Waals surface area contributed by atoms with E-state index in [9.17, 15) is 4.79 Å². The third kappa shape index (κ3) is 4.21. The Kier molecular flexibility index (Phi) is 5.84. The zero-order valence-electron chi connectivity index (χ0n) is 8.40. The molecule has 0 fully saturated rings. The lowest BCUT2D eigenvalue weighted by molar-refractivity contribution is -0.125. The van der Waals surface area contributed by atoms with Crippen LogP contribution in [0.3, 0.4) is 0 Å². The molecular weight excluding hydrogens is 184 g/mol. The number of aliphatic hydroxyl groups excluding tert-OH is 2. The van der Waals surface area contributed by atoms with Crippen molar-refractivity contribution >= 4 is 5.91 Å². The number of nitrogens with zero attached hydrogens (tertiary/aromatic N) is 1. The zero-order chi connectivity index (χ0) is 11.1. The summed E-state index contributed by atoms with van der Waals surface area (Å²) < 4.78 is 0. The molecule has 14 heavy (non-hydrogen) atoms. The van der Waals surface area contributed by atoms with Crippen LogP contribution in [0.1, 0.15) is 13.8 Å². The Morgan fingerprint density at radius 3 is 2.50 bits per heavy atom. The second-order valence-corrected chi connectivity index (χ2v) is 3.43. The largest absolute Gasteiger partial charge is 0.394 e. The molecule has 0 saturated carbocycles. The summed E-state index contributed by atoms with van der Waals surface area (Å²) in [6.07, 6.45) is -0.967. The Hall–Kier alpha value is -1.12. The molecule has 0 aliphatic rings. The molecule has 80 valence electrons. The molecule has 0 spiro atoms. The maximum atomic E-state index is 11.3. The van der Waals surface area contributed by atoms with E-state index in [4.69, 9.17) is 15.5 Å². The maximum absolute atomic E-state index is 11.3. The summed E-state index contributed by atoms with van der Waals surface area (Å²) >= 11 is 0. The van der Waals surface area contributed by atoms with Gasteiger partial charge in [-0.15, -0.1) is 0 Å². The van der Waals surface area contributed by atoms with Crippen LogP contribution in [0.5, 0.6) is 0 Å². The van der Waals surface area contributed by atoms with Gasteiger partial charge in [-0.05, 0) is 5.92 Å². The summed E-state index contributed by atoms with van der Waals surface area (Å²) in [6, 6.07) is 1.89. The van der Waals surface area contributed by atoms with Crippen LogP contribution in [0, 0.1) is 23.2 Å². The molecule has 2 atom stereocenters. The standard InChI is InChI=1S/C9H16N2O3/c1-6(2)8(3-10)9(14)11-4-7(13)5-12/h6-8,12-13H,4-5H2,1-2H3,(H,11,14). The predicted molar refractivity (Wildman–Crippen MR) is 50.0 cm³/mol. The van der Waals surface area contributed by atoms with Crippen molar-refractivity contribution in [2.24, 2.45) is 11.8 Å². The average Bonchev–Trinajstić information content (AvgIpc) is 2.14. The van der Waals surface area contributed by atoms with Gasteiger partial charge < -0.3 is 15.5 Å².